The molecule has 0 saturated carbocycles. The molecule has 0 aliphatic carbocycles. The van der Waals surface area contributed by atoms with Crippen molar-refractivity contribution in [1.82, 2.24) is 5.16 Å². The monoisotopic (exact) mass is 461 g/mol. The number of rotatable bonds is 6. The molecule has 0 bridgehead atoms. The van der Waals surface area contributed by atoms with E-state index in [4.69, 9.17) is 23.7 Å². The molecule has 3 aromatic rings. The van der Waals surface area contributed by atoms with E-state index in [1.807, 2.05) is 5.32 Å². The maximum atomic E-state index is 13.4. The van der Waals surface area contributed by atoms with Gasteiger partial charge in [-0.05, 0) is 62.9 Å². The first-order valence-corrected chi connectivity index (χ1v) is 10.2. The molecule has 0 saturated heterocycles. The molecule has 0 aliphatic heterocycles. The number of hydrogen-bond acceptors (Lipinski definition) is 7. The second kappa shape index (κ2) is 8.04. The normalized spacial score (nSPS) is 19.9. The number of sulfonamides is 1. The van der Waals surface area contributed by atoms with Crippen LogP contribution in [0.2, 0.25) is 0 Å². The molecule has 2 aromatic heterocycles. The Hall–Kier alpha value is -2.98. The van der Waals surface area contributed by atoms with Crippen LogP contribution in [-0.4, -0.2) is 25.3 Å². The van der Waals surface area contributed by atoms with Gasteiger partial charge in [0, 0.05) is 27.6 Å². The minimum atomic E-state index is -4.95. The summed E-state index contributed by atoms with van der Waals surface area (Å²) in [6.07, 6.45) is 0. The van der Waals surface area contributed by atoms with E-state index in [1.54, 1.807) is 4.72 Å². The van der Waals surface area contributed by atoms with Crippen molar-refractivity contribution in [3.8, 4) is 0 Å². The number of anilines is 2. The summed E-state index contributed by atoms with van der Waals surface area (Å²) >= 11 is 0.489. The van der Waals surface area contributed by atoms with E-state index in [2.05, 4.69) is 5.16 Å². The van der Waals surface area contributed by atoms with Crippen LogP contribution < -0.4 is 10.0 Å². The molecular formula is C20H21N3O5S2. The topological polar surface area (TPSA) is 118 Å². The van der Waals surface area contributed by atoms with Crippen LogP contribution in [0, 0.1) is 27.4 Å². The fourth-order valence-electron chi connectivity index (χ4n) is 2.30. The number of aryl methyl sites for hydroxylation is 1. The first-order valence-electron chi connectivity index (χ1n) is 14.8. The average molecular weight is 462 g/mol. The van der Waals surface area contributed by atoms with Crippen LogP contribution in [0.1, 0.15) is 68.5 Å². The standard InChI is InChI=1S/C20H21N3O5S2/c1-10-8-11(2)17(15(9-10)14(5)24)21-19(25)18-16(6-7-29-18)30(26,27)23-20-12(3)13(4)22-28-20/h6-9,23H,1-5H3,(H,21,25)/i1D3,2D3,3D3,4D3,8D,9D. The number of Topliss-reactive ketones (excluding diaryl/α,β-unsaturated/α-hetero) is 1. The number of nitrogens with one attached hydrogen (secondary N) is 2. The number of carbonyl (C=O) groups is 2. The predicted molar refractivity (Wildman–Crippen MR) is 115 cm³/mol. The molecule has 0 aliphatic rings. The Morgan fingerprint density at radius 3 is 2.73 bits per heavy atom. The van der Waals surface area contributed by atoms with E-state index in [9.17, 15) is 18.0 Å². The van der Waals surface area contributed by atoms with Crippen LogP contribution in [0.5, 0.6) is 0 Å². The fourth-order valence-corrected chi connectivity index (χ4v) is 4.62. The van der Waals surface area contributed by atoms with Gasteiger partial charge in [0.1, 0.15) is 9.77 Å². The average Bonchev–Trinajstić information content (AvgIpc) is 3.44. The summed E-state index contributed by atoms with van der Waals surface area (Å²) in [5.41, 5.74) is -5.99. The largest absolute Gasteiger partial charge is 0.337 e. The Balaban J connectivity index is 2.18. The molecule has 8 nitrogen and oxygen atoms in total. The third-order valence-corrected chi connectivity index (χ3v) is 6.05. The molecule has 0 spiro atoms. The summed E-state index contributed by atoms with van der Waals surface area (Å²) in [4.78, 5) is 24.4. The Labute approximate surface area is 198 Å². The lowest BCUT2D eigenvalue weighted by atomic mass is 10.0. The SMILES string of the molecule is [2H]c1c(C(C)=O)c(NC(=O)c2sccc2S(=O)(=O)Nc2onc(C([2H])([2H])[2H])c2C([2H])([2H])[2H])c(C([2H])([2H])[2H])c([2H])c1C([2H])([2H])[2H]. The molecule has 30 heavy (non-hydrogen) atoms. The second-order valence-electron chi connectivity index (χ2n) is 5.72. The fraction of sp³-hybridized carbons (Fsp3) is 0.250. The van der Waals surface area contributed by atoms with Crippen molar-refractivity contribution in [2.75, 3.05) is 10.0 Å². The number of carbonyl (C=O) groups excluding carboxylic acids is 2. The van der Waals surface area contributed by atoms with Crippen molar-refractivity contribution in [2.24, 2.45) is 0 Å². The first kappa shape index (κ1) is 9.88. The highest BCUT2D eigenvalue weighted by Gasteiger charge is 2.27. The van der Waals surface area contributed by atoms with Gasteiger partial charge in [-0.2, -0.15) is 0 Å². The molecule has 158 valence electrons. The summed E-state index contributed by atoms with van der Waals surface area (Å²) in [5.74, 6) is -3.49. The van der Waals surface area contributed by atoms with Crippen molar-refractivity contribution in [2.45, 2.75) is 39.2 Å². The van der Waals surface area contributed by atoms with Gasteiger partial charge in [0.2, 0.25) is 5.88 Å². The van der Waals surface area contributed by atoms with E-state index in [0.717, 1.165) is 18.4 Å². The molecule has 10 heteroatoms. The number of hydrogen-bond donors (Lipinski definition) is 2. The predicted octanol–water partition coefficient (Wildman–Crippen LogP) is 4.23. The number of nitrogens with zero attached hydrogens (tertiary/aromatic N) is 1. The van der Waals surface area contributed by atoms with Crippen LogP contribution in [0.3, 0.4) is 0 Å². The molecule has 3 rings (SSSR count). The van der Waals surface area contributed by atoms with Crippen molar-refractivity contribution < 1.29 is 41.7 Å². The first-order chi connectivity index (χ1) is 19.7. The highest BCUT2D eigenvalue weighted by atomic mass is 32.2. The van der Waals surface area contributed by atoms with Gasteiger partial charge in [-0.3, -0.25) is 9.59 Å². The molecular weight excluding hydrogens is 426 g/mol. The Bertz CT molecular complexity index is 1750. The third-order valence-electron chi connectivity index (χ3n) is 3.63. The maximum absolute atomic E-state index is 13.4. The van der Waals surface area contributed by atoms with Crippen molar-refractivity contribution in [3.63, 3.8) is 0 Å². The summed E-state index contributed by atoms with van der Waals surface area (Å²) in [6, 6.07) is -1.32. The Morgan fingerprint density at radius 1 is 1.23 bits per heavy atom. The van der Waals surface area contributed by atoms with Crippen molar-refractivity contribution in [1.29, 1.82) is 0 Å². The minimum Gasteiger partial charge on any atom is -0.337 e. The molecule has 1 aromatic carbocycles. The highest BCUT2D eigenvalue weighted by Crippen LogP contribution is 2.29. The number of amides is 1. The van der Waals surface area contributed by atoms with Crippen molar-refractivity contribution in [3.05, 3.63) is 56.4 Å². The Morgan fingerprint density at radius 2 is 2.07 bits per heavy atom. The van der Waals surface area contributed by atoms with Crippen LogP contribution in [0.4, 0.5) is 11.6 Å². The van der Waals surface area contributed by atoms with E-state index >= 15 is 0 Å². The van der Waals surface area contributed by atoms with E-state index in [-0.39, 0.29) is 0 Å². The lowest BCUT2D eigenvalue weighted by Crippen LogP contribution is -2.20. The highest BCUT2D eigenvalue weighted by molar-refractivity contribution is 7.93. The quantitative estimate of drug-likeness (QED) is 0.531. The molecule has 2 heterocycles. The third kappa shape index (κ3) is 4.14. The molecule has 0 fully saturated rings. The molecule has 0 unspecified atom stereocenters. The van der Waals surface area contributed by atoms with Crippen molar-refractivity contribution >= 4 is 44.6 Å². The zero-order valence-electron chi connectivity index (χ0n) is 29.0. The zero-order chi connectivity index (χ0) is 34.0. The second-order valence-corrected chi connectivity index (χ2v) is 8.28. The van der Waals surface area contributed by atoms with Gasteiger partial charge in [0.25, 0.3) is 15.9 Å². The molecule has 2 N–H and O–H groups in total. The van der Waals surface area contributed by atoms with E-state index in [0.29, 0.717) is 11.3 Å². The molecule has 1 amide bonds. The van der Waals surface area contributed by atoms with Crippen LogP contribution in [0.15, 0.2) is 32.9 Å². The van der Waals surface area contributed by atoms with E-state index in [1.165, 1.54) is 0 Å². The zero-order valence-corrected chi connectivity index (χ0v) is 16.6. The number of aromatic nitrogens is 1. The van der Waals surface area contributed by atoms with E-state index < -0.39 is 110 Å². The number of ketones is 1. The number of benzene rings is 1. The summed E-state index contributed by atoms with van der Waals surface area (Å²) in [6.45, 7) is -12.0. The van der Waals surface area contributed by atoms with Gasteiger partial charge in [-0.15, -0.1) is 11.3 Å². The van der Waals surface area contributed by atoms with Gasteiger partial charge in [0.15, 0.2) is 5.78 Å². The van der Waals surface area contributed by atoms with Gasteiger partial charge < -0.3 is 9.84 Å². The van der Waals surface area contributed by atoms with Crippen LogP contribution >= 0.6 is 11.3 Å². The maximum Gasteiger partial charge on any atom is 0.267 e. The van der Waals surface area contributed by atoms with Gasteiger partial charge >= 0.3 is 0 Å². The van der Waals surface area contributed by atoms with Gasteiger partial charge in [0.05, 0.1) is 14.1 Å². The minimum absolute atomic E-state index is 0.489. The van der Waals surface area contributed by atoms with Crippen LogP contribution in [-0.2, 0) is 10.0 Å². The summed E-state index contributed by atoms with van der Waals surface area (Å²) in [7, 11) is -4.95. The molecule has 0 radical (unpaired) electrons. The number of thiophene rings is 1. The summed E-state index contributed by atoms with van der Waals surface area (Å²) < 4.78 is 141. The smallest absolute Gasteiger partial charge is 0.267 e. The Kier molecular flexibility index (Phi) is 2.65. The lowest BCUT2D eigenvalue weighted by Gasteiger charge is -2.14. The lowest BCUT2D eigenvalue weighted by molar-refractivity contribution is 0.101. The molecule has 0 atom stereocenters. The van der Waals surface area contributed by atoms with Gasteiger partial charge in [-0.25, -0.2) is 13.1 Å². The van der Waals surface area contributed by atoms with Gasteiger partial charge in [-0.1, -0.05) is 11.2 Å². The van der Waals surface area contributed by atoms with Crippen LogP contribution in [0.25, 0.3) is 0 Å². The summed E-state index contributed by atoms with van der Waals surface area (Å²) in [5, 5.41) is 6.31.